The fraction of sp³-hybridized carbons (Fsp3) is 0.480. The van der Waals surface area contributed by atoms with Crippen LogP contribution in [0.5, 0.6) is 17.2 Å². The number of carboxylic acids is 1. The Labute approximate surface area is 183 Å². The molecule has 2 aromatic carbocycles. The maximum atomic E-state index is 12.1. The summed E-state index contributed by atoms with van der Waals surface area (Å²) in [6.45, 7) is 4.00. The molecule has 2 heterocycles. The number of aryl methyl sites for hydroxylation is 1. The topological polar surface area (TPSA) is 74.2 Å². The third kappa shape index (κ3) is 4.09. The predicted octanol–water partition coefficient (Wildman–Crippen LogP) is 4.65. The van der Waals surface area contributed by atoms with E-state index in [4.69, 9.17) is 18.9 Å². The number of para-hydroxylation sites is 1. The number of hydrogen-bond donors (Lipinski definition) is 1. The molecule has 2 aromatic rings. The number of carboxylic acid groups (broad SMARTS) is 1. The van der Waals surface area contributed by atoms with Gasteiger partial charge in [0.15, 0.2) is 11.5 Å². The van der Waals surface area contributed by atoms with Gasteiger partial charge < -0.3 is 24.1 Å². The number of fused-ring (bicyclic) bond motifs is 3. The van der Waals surface area contributed by atoms with Gasteiger partial charge in [-0.05, 0) is 56.9 Å². The van der Waals surface area contributed by atoms with Gasteiger partial charge in [0.1, 0.15) is 11.4 Å². The lowest BCUT2D eigenvalue weighted by atomic mass is 9.71. The molecule has 2 aliphatic heterocycles. The lowest BCUT2D eigenvalue weighted by molar-refractivity contribution is -0.188. The monoisotopic (exact) mass is 426 g/mol. The summed E-state index contributed by atoms with van der Waals surface area (Å²) in [7, 11) is 3.26. The largest absolute Gasteiger partial charge is 0.497 e. The van der Waals surface area contributed by atoms with E-state index in [2.05, 4.69) is 0 Å². The fourth-order valence-electron chi connectivity index (χ4n) is 4.90. The lowest BCUT2D eigenvalue weighted by Crippen LogP contribution is -2.52. The van der Waals surface area contributed by atoms with E-state index < -0.39 is 23.6 Å². The van der Waals surface area contributed by atoms with Crippen LogP contribution >= 0.6 is 0 Å². The van der Waals surface area contributed by atoms with Gasteiger partial charge in [-0.3, -0.25) is 4.79 Å². The zero-order valence-electron chi connectivity index (χ0n) is 18.5. The van der Waals surface area contributed by atoms with Crippen LogP contribution in [-0.2, 0) is 16.0 Å². The number of rotatable bonds is 6. The molecule has 1 N–H and O–H groups in total. The molecule has 166 valence electrons. The van der Waals surface area contributed by atoms with E-state index in [0.717, 1.165) is 16.9 Å². The first-order chi connectivity index (χ1) is 14.8. The normalized spacial score (nSPS) is 26.2. The van der Waals surface area contributed by atoms with E-state index in [1.54, 1.807) is 14.2 Å². The summed E-state index contributed by atoms with van der Waals surface area (Å²) in [6.07, 6.45) is 1.21. The van der Waals surface area contributed by atoms with Crippen LogP contribution in [0.4, 0.5) is 0 Å². The van der Waals surface area contributed by atoms with Gasteiger partial charge in [0, 0.05) is 11.5 Å². The Morgan fingerprint density at radius 1 is 1.16 bits per heavy atom. The first kappa shape index (κ1) is 21.5. The molecule has 0 unspecified atom stereocenters. The van der Waals surface area contributed by atoms with Crippen molar-refractivity contribution in [2.24, 2.45) is 11.8 Å². The second-order valence-electron chi connectivity index (χ2n) is 8.86. The third-order valence-corrected chi connectivity index (χ3v) is 6.61. The van der Waals surface area contributed by atoms with Gasteiger partial charge >= 0.3 is 5.97 Å². The molecule has 0 aromatic heterocycles. The quantitative estimate of drug-likeness (QED) is 0.725. The summed E-state index contributed by atoms with van der Waals surface area (Å²) < 4.78 is 23.7. The SMILES string of the molecule is COc1cccc(CC[C@@H]2O[C@@H]3c4cccc(OC)c4OC(C)(C)[C@H]3C[C@@H]2C(=O)O)c1. The van der Waals surface area contributed by atoms with Crippen LogP contribution in [-0.4, -0.2) is 37.0 Å². The Bertz CT molecular complexity index is 953. The smallest absolute Gasteiger partial charge is 0.309 e. The minimum Gasteiger partial charge on any atom is -0.497 e. The van der Waals surface area contributed by atoms with E-state index in [1.807, 2.05) is 56.3 Å². The molecule has 6 nitrogen and oxygen atoms in total. The van der Waals surface area contributed by atoms with Crippen molar-refractivity contribution in [3.05, 3.63) is 53.6 Å². The molecular weight excluding hydrogens is 396 g/mol. The summed E-state index contributed by atoms with van der Waals surface area (Å²) >= 11 is 0. The summed E-state index contributed by atoms with van der Waals surface area (Å²) in [5.74, 6) is 0.686. The molecule has 4 rings (SSSR count). The molecule has 0 radical (unpaired) electrons. The Hall–Kier alpha value is -2.73. The van der Waals surface area contributed by atoms with E-state index in [9.17, 15) is 9.90 Å². The van der Waals surface area contributed by atoms with Gasteiger partial charge in [-0.2, -0.15) is 0 Å². The third-order valence-electron chi connectivity index (χ3n) is 6.61. The Morgan fingerprint density at radius 3 is 2.65 bits per heavy atom. The average Bonchev–Trinajstić information content (AvgIpc) is 2.76. The van der Waals surface area contributed by atoms with Crippen molar-refractivity contribution < 1.29 is 28.8 Å². The average molecular weight is 427 g/mol. The van der Waals surface area contributed by atoms with Gasteiger partial charge in [0.25, 0.3) is 0 Å². The minimum atomic E-state index is -0.818. The molecule has 6 heteroatoms. The van der Waals surface area contributed by atoms with Crippen molar-refractivity contribution in [1.29, 1.82) is 0 Å². The lowest BCUT2D eigenvalue weighted by Gasteiger charge is -2.50. The fourth-order valence-corrected chi connectivity index (χ4v) is 4.90. The molecule has 2 aliphatic rings. The number of carbonyl (C=O) groups is 1. The number of aliphatic carboxylic acids is 1. The van der Waals surface area contributed by atoms with Gasteiger partial charge in [0.05, 0.1) is 32.3 Å². The molecule has 4 atom stereocenters. The first-order valence-electron chi connectivity index (χ1n) is 10.7. The molecule has 0 bridgehead atoms. The van der Waals surface area contributed by atoms with Gasteiger partial charge in [-0.25, -0.2) is 0 Å². The van der Waals surface area contributed by atoms with Crippen LogP contribution in [0.1, 0.15) is 43.9 Å². The highest BCUT2D eigenvalue weighted by Gasteiger charge is 2.52. The molecule has 31 heavy (non-hydrogen) atoms. The van der Waals surface area contributed by atoms with Crippen LogP contribution in [0.25, 0.3) is 0 Å². The van der Waals surface area contributed by atoms with Crippen molar-refractivity contribution in [2.45, 2.75) is 50.9 Å². The molecule has 0 aliphatic carbocycles. The second-order valence-corrected chi connectivity index (χ2v) is 8.86. The predicted molar refractivity (Wildman–Crippen MR) is 116 cm³/mol. The highest BCUT2D eigenvalue weighted by Crippen LogP contribution is 2.54. The van der Waals surface area contributed by atoms with Crippen molar-refractivity contribution in [3.8, 4) is 17.2 Å². The van der Waals surface area contributed by atoms with Crippen LogP contribution in [0.3, 0.4) is 0 Å². The second kappa shape index (κ2) is 8.42. The van der Waals surface area contributed by atoms with Gasteiger partial charge in [-0.1, -0.05) is 24.3 Å². The number of ether oxygens (including phenoxy) is 4. The highest BCUT2D eigenvalue weighted by atomic mass is 16.5. The van der Waals surface area contributed by atoms with Crippen LogP contribution < -0.4 is 14.2 Å². The zero-order valence-corrected chi connectivity index (χ0v) is 18.5. The van der Waals surface area contributed by atoms with Crippen LogP contribution in [0, 0.1) is 11.8 Å². The molecular formula is C25H30O6. The molecule has 0 spiro atoms. The molecule has 0 amide bonds. The maximum Gasteiger partial charge on any atom is 0.309 e. The standard InChI is InChI=1S/C25H30O6/c1-25(2)19-14-18(24(26)27)20(12-11-15-7-5-8-16(13-15)28-3)30-22(19)17-9-6-10-21(29-4)23(17)31-25/h5-10,13,18-20,22H,11-12,14H2,1-4H3,(H,26,27)/t18-,19-,20-,22+/m0/s1. The molecule has 0 saturated carbocycles. The van der Waals surface area contributed by atoms with Crippen LogP contribution in [0.2, 0.25) is 0 Å². The molecule has 1 saturated heterocycles. The Kier molecular flexibility index (Phi) is 5.84. The number of methoxy groups -OCH3 is 2. The maximum absolute atomic E-state index is 12.1. The van der Waals surface area contributed by atoms with Crippen molar-refractivity contribution in [1.82, 2.24) is 0 Å². The minimum absolute atomic E-state index is 0.0683. The van der Waals surface area contributed by atoms with Crippen molar-refractivity contribution in [2.75, 3.05) is 14.2 Å². The van der Waals surface area contributed by atoms with Gasteiger partial charge in [-0.15, -0.1) is 0 Å². The summed E-state index contributed by atoms with van der Waals surface area (Å²) in [5, 5.41) is 9.97. The van der Waals surface area contributed by atoms with Crippen LogP contribution in [0.15, 0.2) is 42.5 Å². The summed E-state index contributed by atoms with van der Waals surface area (Å²) in [5.41, 5.74) is 1.46. The Balaban J connectivity index is 1.62. The van der Waals surface area contributed by atoms with Gasteiger partial charge in [0.2, 0.25) is 0 Å². The summed E-state index contributed by atoms with van der Waals surface area (Å²) in [4.78, 5) is 12.1. The summed E-state index contributed by atoms with van der Waals surface area (Å²) in [6, 6.07) is 13.7. The molecule has 1 fully saturated rings. The van der Waals surface area contributed by atoms with Crippen molar-refractivity contribution in [3.63, 3.8) is 0 Å². The Morgan fingerprint density at radius 2 is 1.94 bits per heavy atom. The van der Waals surface area contributed by atoms with E-state index in [-0.39, 0.29) is 12.0 Å². The van der Waals surface area contributed by atoms with E-state index >= 15 is 0 Å². The van der Waals surface area contributed by atoms with E-state index in [0.29, 0.717) is 30.8 Å². The zero-order chi connectivity index (χ0) is 22.2. The first-order valence-corrected chi connectivity index (χ1v) is 10.7. The van der Waals surface area contributed by atoms with E-state index in [1.165, 1.54) is 0 Å². The number of benzene rings is 2. The number of hydrogen-bond acceptors (Lipinski definition) is 5. The van der Waals surface area contributed by atoms with Crippen molar-refractivity contribution >= 4 is 5.97 Å². The highest BCUT2D eigenvalue weighted by molar-refractivity contribution is 5.71.